The van der Waals surface area contributed by atoms with Crippen molar-refractivity contribution in [3.8, 4) is 11.1 Å². The molecule has 65 heavy (non-hydrogen) atoms. The standard InChI is InChI=1S/C63H44N2/c1-3-15-59(52-23-12-7-16-42(52)2)65(49-21-5-4-6-22-49)61-38-31-46-29-35-57-55(34-28-45-30-36-58(61)63(46)62(45)57)54-37-39-60(56-25-14-13-24-53(54)56)64(50-32-26-43-17-8-10-19-47(43)40-50)51-33-27-44-18-9-11-20-48(44)41-51/h3-41H,1H2,2H3/b59-15+. The molecule has 12 aromatic carbocycles. The first-order valence-corrected chi connectivity index (χ1v) is 22.4. The van der Waals surface area contributed by atoms with Gasteiger partial charge in [0.2, 0.25) is 0 Å². The predicted molar refractivity (Wildman–Crippen MR) is 281 cm³/mol. The summed E-state index contributed by atoms with van der Waals surface area (Å²) in [7, 11) is 0. The van der Waals surface area contributed by atoms with Crippen molar-refractivity contribution in [3.05, 3.63) is 254 Å². The van der Waals surface area contributed by atoms with Gasteiger partial charge in [0.25, 0.3) is 0 Å². The molecule has 0 aromatic heterocycles. The molecule has 12 aromatic rings. The highest BCUT2D eigenvalue weighted by atomic mass is 15.2. The summed E-state index contributed by atoms with van der Waals surface area (Å²) in [6.07, 6.45) is 4.04. The van der Waals surface area contributed by atoms with Crippen molar-refractivity contribution in [1.82, 2.24) is 0 Å². The van der Waals surface area contributed by atoms with Crippen LogP contribution >= 0.6 is 0 Å². The van der Waals surface area contributed by atoms with Gasteiger partial charge in [-0.25, -0.2) is 0 Å². The summed E-state index contributed by atoms with van der Waals surface area (Å²) in [4.78, 5) is 4.83. The number of anilines is 5. The van der Waals surface area contributed by atoms with Crippen LogP contribution in [-0.4, -0.2) is 0 Å². The number of aryl methyl sites for hydroxylation is 1. The second-order valence-electron chi connectivity index (χ2n) is 17.0. The number of para-hydroxylation sites is 1. The van der Waals surface area contributed by atoms with Gasteiger partial charge in [-0.2, -0.15) is 0 Å². The fourth-order valence-corrected chi connectivity index (χ4v) is 10.2. The van der Waals surface area contributed by atoms with Crippen molar-refractivity contribution < 1.29 is 0 Å². The van der Waals surface area contributed by atoms with Crippen LogP contribution in [0.2, 0.25) is 0 Å². The van der Waals surface area contributed by atoms with Gasteiger partial charge in [0.05, 0.1) is 17.1 Å². The van der Waals surface area contributed by atoms with E-state index in [1.165, 1.54) is 86.9 Å². The molecule has 0 aliphatic heterocycles. The zero-order valence-corrected chi connectivity index (χ0v) is 36.1. The third-order valence-corrected chi connectivity index (χ3v) is 13.2. The maximum Gasteiger partial charge on any atom is 0.0540 e. The lowest BCUT2D eigenvalue weighted by molar-refractivity contribution is 1.28. The van der Waals surface area contributed by atoms with Gasteiger partial charge in [0.15, 0.2) is 0 Å². The molecule has 0 saturated carbocycles. The molecule has 0 radical (unpaired) electrons. The van der Waals surface area contributed by atoms with Gasteiger partial charge in [0.1, 0.15) is 0 Å². The third-order valence-electron chi connectivity index (χ3n) is 13.2. The Morgan fingerprint density at radius 2 is 0.892 bits per heavy atom. The van der Waals surface area contributed by atoms with E-state index in [9.17, 15) is 0 Å². The minimum Gasteiger partial charge on any atom is -0.310 e. The summed E-state index contributed by atoms with van der Waals surface area (Å²) in [5, 5.41) is 14.7. The first kappa shape index (κ1) is 38.2. The normalized spacial score (nSPS) is 11.9. The van der Waals surface area contributed by atoms with E-state index >= 15 is 0 Å². The van der Waals surface area contributed by atoms with E-state index < -0.39 is 0 Å². The topological polar surface area (TPSA) is 6.48 Å². The Hall–Kier alpha value is -8.46. The molecule has 0 N–H and O–H groups in total. The fraction of sp³-hybridized carbons (Fsp3) is 0.0159. The first-order chi connectivity index (χ1) is 32.1. The van der Waals surface area contributed by atoms with Gasteiger partial charge >= 0.3 is 0 Å². The summed E-state index contributed by atoms with van der Waals surface area (Å²) in [6, 6.07) is 82.3. The van der Waals surface area contributed by atoms with Crippen molar-refractivity contribution in [2.45, 2.75) is 6.92 Å². The molecule has 0 unspecified atom stereocenters. The first-order valence-electron chi connectivity index (χ1n) is 22.4. The molecule has 0 spiro atoms. The molecular formula is C63H44N2. The molecule has 0 aliphatic rings. The summed E-state index contributed by atoms with van der Waals surface area (Å²) >= 11 is 0. The molecular weight excluding hydrogens is 785 g/mol. The van der Waals surface area contributed by atoms with E-state index in [0.29, 0.717) is 0 Å². The minimum absolute atomic E-state index is 1.08. The Balaban J connectivity index is 1.07. The number of rotatable bonds is 9. The monoisotopic (exact) mass is 828 g/mol. The van der Waals surface area contributed by atoms with E-state index in [0.717, 1.165) is 34.1 Å². The number of allylic oxidation sites excluding steroid dienone is 2. The molecule has 2 heteroatoms. The molecule has 0 fully saturated rings. The Morgan fingerprint density at radius 1 is 0.385 bits per heavy atom. The van der Waals surface area contributed by atoms with Crippen molar-refractivity contribution in [3.63, 3.8) is 0 Å². The summed E-state index contributed by atoms with van der Waals surface area (Å²) in [6.45, 7) is 6.36. The van der Waals surface area contributed by atoms with Crippen LogP contribution < -0.4 is 9.80 Å². The zero-order valence-electron chi connectivity index (χ0n) is 36.1. The summed E-state index contributed by atoms with van der Waals surface area (Å²) < 4.78 is 0. The lowest BCUT2D eigenvalue weighted by Crippen LogP contribution is -2.16. The maximum atomic E-state index is 4.18. The molecule has 2 nitrogen and oxygen atoms in total. The lowest BCUT2D eigenvalue weighted by Gasteiger charge is -2.31. The van der Waals surface area contributed by atoms with Crippen molar-refractivity contribution >= 4 is 98.8 Å². The highest BCUT2D eigenvalue weighted by Gasteiger charge is 2.24. The van der Waals surface area contributed by atoms with Crippen LogP contribution in [0.1, 0.15) is 11.1 Å². The van der Waals surface area contributed by atoms with Crippen LogP contribution in [0.3, 0.4) is 0 Å². The summed E-state index contributed by atoms with van der Waals surface area (Å²) in [5.41, 5.74) is 11.5. The average molecular weight is 829 g/mol. The van der Waals surface area contributed by atoms with Gasteiger partial charge in [-0.1, -0.05) is 189 Å². The minimum atomic E-state index is 1.08. The van der Waals surface area contributed by atoms with Gasteiger partial charge in [-0.15, -0.1) is 0 Å². The Morgan fingerprint density at radius 3 is 1.58 bits per heavy atom. The molecule has 0 bridgehead atoms. The molecule has 0 atom stereocenters. The van der Waals surface area contributed by atoms with E-state index in [4.69, 9.17) is 0 Å². The second kappa shape index (κ2) is 15.7. The molecule has 0 aliphatic carbocycles. The smallest absolute Gasteiger partial charge is 0.0540 e. The van der Waals surface area contributed by atoms with Crippen LogP contribution in [0.25, 0.3) is 81.5 Å². The van der Waals surface area contributed by atoms with E-state index in [1.807, 2.05) is 6.08 Å². The van der Waals surface area contributed by atoms with Crippen LogP contribution in [0.15, 0.2) is 243 Å². The SMILES string of the molecule is C=C/C=C(\c1ccccc1C)N(c1ccccc1)c1ccc2ccc3c(-c4ccc(N(c5ccc6ccccc6c5)c5ccc6ccccc6c5)c5ccccc45)ccc4ccc1c2c43. The van der Waals surface area contributed by atoms with E-state index in [1.54, 1.807) is 0 Å². The highest BCUT2D eigenvalue weighted by molar-refractivity contribution is 6.29. The lowest BCUT2D eigenvalue weighted by atomic mass is 9.87. The number of benzene rings is 12. The largest absolute Gasteiger partial charge is 0.310 e. The van der Waals surface area contributed by atoms with Crippen LogP contribution in [-0.2, 0) is 0 Å². The predicted octanol–water partition coefficient (Wildman–Crippen LogP) is 17.9. The number of nitrogens with zero attached hydrogens (tertiary/aromatic N) is 2. The fourth-order valence-electron chi connectivity index (χ4n) is 10.2. The highest BCUT2D eigenvalue weighted by Crippen LogP contribution is 2.48. The van der Waals surface area contributed by atoms with Crippen LogP contribution in [0.5, 0.6) is 0 Å². The average Bonchev–Trinajstić information content (AvgIpc) is 3.36. The maximum absolute atomic E-state index is 4.18. The zero-order chi connectivity index (χ0) is 43.4. The van der Waals surface area contributed by atoms with E-state index in [2.05, 4.69) is 254 Å². The molecule has 306 valence electrons. The number of fused-ring (bicyclic) bond motifs is 3. The Kier molecular flexibility index (Phi) is 9.24. The molecule has 0 saturated heterocycles. The Bertz CT molecular complexity index is 3740. The quantitative estimate of drug-likeness (QED) is 0.106. The summed E-state index contributed by atoms with van der Waals surface area (Å²) in [5.74, 6) is 0. The van der Waals surface area contributed by atoms with E-state index in [-0.39, 0.29) is 0 Å². The number of hydrogen-bond acceptors (Lipinski definition) is 2. The van der Waals surface area contributed by atoms with Crippen molar-refractivity contribution in [1.29, 1.82) is 0 Å². The molecule has 0 heterocycles. The Labute approximate surface area is 379 Å². The van der Waals surface area contributed by atoms with Gasteiger partial charge in [0, 0.05) is 33.4 Å². The molecule has 0 amide bonds. The second-order valence-corrected chi connectivity index (χ2v) is 17.0. The third kappa shape index (κ3) is 6.41. The van der Waals surface area contributed by atoms with Crippen molar-refractivity contribution in [2.75, 3.05) is 9.80 Å². The van der Waals surface area contributed by atoms with Crippen molar-refractivity contribution in [2.24, 2.45) is 0 Å². The van der Waals surface area contributed by atoms with Gasteiger partial charge in [-0.3, -0.25) is 0 Å². The van der Waals surface area contributed by atoms with Gasteiger partial charge < -0.3 is 9.80 Å². The van der Waals surface area contributed by atoms with Crippen LogP contribution in [0.4, 0.5) is 28.4 Å². The molecule has 12 rings (SSSR count). The van der Waals surface area contributed by atoms with Crippen LogP contribution in [0, 0.1) is 6.92 Å². The number of hydrogen-bond donors (Lipinski definition) is 0. The van der Waals surface area contributed by atoms with Gasteiger partial charge in [-0.05, 0) is 132 Å².